The molecular weight excluding hydrogens is 318 g/mol. The van der Waals surface area contributed by atoms with Gasteiger partial charge in [0.1, 0.15) is 0 Å². The largest absolute Gasteiger partial charge is 0.417 e. The van der Waals surface area contributed by atoms with Gasteiger partial charge in [-0.25, -0.2) is 8.78 Å². The lowest BCUT2D eigenvalue weighted by molar-refractivity contribution is -0.0657. The molecule has 3 rings (SSSR count). The van der Waals surface area contributed by atoms with Gasteiger partial charge >= 0.3 is 0 Å². The second-order valence-corrected chi connectivity index (χ2v) is 5.30. The Kier molecular flexibility index (Phi) is 4.12. The predicted octanol–water partition coefficient (Wildman–Crippen LogP) is 3.32. The zero-order valence-corrected chi connectivity index (χ0v) is 12.5. The topological polar surface area (TPSA) is 57.4 Å². The van der Waals surface area contributed by atoms with Crippen LogP contribution >= 0.6 is 11.6 Å². The van der Waals surface area contributed by atoms with E-state index in [1.807, 2.05) is 6.92 Å². The van der Waals surface area contributed by atoms with E-state index in [0.717, 1.165) is 12.1 Å². The van der Waals surface area contributed by atoms with Crippen molar-refractivity contribution < 1.29 is 22.7 Å². The molecule has 1 aromatic carbocycles. The Morgan fingerprint density at radius 1 is 1.32 bits per heavy atom. The van der Waals surface area contributed by atoms with Gasteiger partial charge in [-0.2, -0.15) is 0 Å². The minimum absolute atomic E-state index is 0.00452. The van der Waals surface area contributed by atoms with Crippen LogP contribution in [0.4, 0.5) is 8.78 Å². The summed E-state index contributed by atoms with van der Waals surface area (Å²) in [5.41, 5.74) is -0.671. The van der Waals surface area contributed by atoms with Gasteiger partial charge in [-0.1, -0.05) is 11.6 Å². The number of nitrogens with zero attached hydrogens (tertiary/aromatic N) is 2. The number of hydrogen-bond donors (Lipinski definition) is 0. The summed E-state index contributed by atoms with van der Waals surface area (Å²) in [5.74, 6) is -1.83. The first kappa shape index (κ1) is 15.3. The molecule has 0 spiro atoms. The molecule has 8 heteroatoms. The minimum Gasteiger partial charge on any atom is -0.417 e. The first-order valence-corrected chi connectivity index (χ1v) is 7.14. The fourth-order valence-corrected chi connectivity index (χ4v) is 2.60. The highest BCUT2D eigenvalue weighted by molar-refractivity contribution is 6.33. The molecule has 22 heavy (non-hydrogen) atoms. The average Bonchev–Trinajstić information content (AvgIpc) is 3.13. The normalized spacial score (nSPS) is 21.5. The summed E-state index contributed by atoms with van der Waals surface area (Å²) in [6.07, 6.45) is 0.577. The zero-order valence-electron chi connectivity index (χ0n) is 11.7. The molecule has 0 aliphatic carbocycles. The summed E-state index contributed by atoms with van der Waals surface area (Å²) in [7, 11) is 0. The second kappa shape index (κ2) is 5.91. The van der Waals surface area contributed by atoms with Gasteiger partial charge in [0.15, 0.2) is 17.2 Å². The van der Waals surface area contributed by atoms with Crippen LogP contribution in [0.1, 0.15) is 19.2 Å². The van der Waals surface area contributed by atoms with Gasteiger partial charge in [0.25, 0.3) is 5.89 Å². The van der Waals surface area contributed by atoms with Crippen LogP contribution in [0.25, 0.3) is 11.5 Å². The van der Waals surface area contributed by atoms with Crippen molar-refractivity contribution in [1.82, 2.24) is 10.2 Å². The quantitative estimate of drug-likeness (QED) is 0.805. The van der Waals surface area contributed by atoms with Crippen molar-refractivity contribution >= 4 is 11.6 Å². The number of hydrogen-bond acceptors (Lipinski definition) is 5. The molecular formula is C14H13ClF2N2O3. The van der Waals surface area contributed by atoms with E-state index in [-0.39, 0.29) is 22.4 Å². The van der Waals surface area contributed by atoms with Crippen LogP contribution in [0.15, 0.2) is 16.5 Å². The van der Waals surface area contributed by atoms with Gasteiger partial charge in [-0.05, 0) is 19.1 Å². The first-order valence-electron chi connectivity index (χ1n) is 6.76. The fourth-order valence-electron chi connectivity index (χ4n) is 2.37. The van der Waals surface area contributed by atoms with Crippen LogP contribution < -0.4 is 0 Å². The molecule has 118 valence electrons. The molecule has 0 bridgehead atoms. The highest BCUT2D eigenvalue weighted by atomic mass is 35.5. The molecule has 2 aromatic rings. The van der Waals surface area contributed by atoms with E-state index in [1.54, 1.807) is 0 Å². The molecule has 1 aliphatic rings. The molecule has 0 radical (unpaired) electrons. The standard InChI is InChI=1S/C14H13ClF2N2O3/c1-2-21-14(3-4-20-7-14)13-19-18-12(22-13)8-5-10(16)11(17)6-9(8)15/h5-6H,2-4,7H2,1H3. The van der Waals surface area contributed by atoms with Gasteiger partial charge in [0.2, 0.25) is 5.89 Å². The Hall–Kier alpha value is -1.57. The van der Waals surface area contributed by atoms with Crippen LogP contribution in [0, 0.1) is 11.6 Å². The van der Waals surface area contributed by atoms with Crippen molar-refractivity contribution in [2.45, 2.75) is 18.9 Å². The highest BCUT2D eigenvalue weighted by Gasteiger charge is 2.43. The molecule has 1 atom stereocenters. The Bertz CT molecular complexity index is 687. The van der Waals surface area contributed by atoms with E-state index in [4.69, 9.17) is 25.5 Å². The van der Waals surface area contributed by atoms with Gasteiger partial charge < -0.3 is 13.9 Å². The van der Waals surface area contributed by atoms with Crippen molar-refractivity contribution in [1.29, 1.82) is 0 Å². The molecule has 0 saturated carbocycles. The van der Waals surface area contributed by atoms with Crippen LogP contribution in [0.2, 0.25) is 5.02 Å². The molecule has 0 amide bonds. The summed E-state index contributed by atoms with van der Waals surface area (Å²) < 4.78 is 43.2. The number of ether oxygens (including phenoxy) is 2. The molecule has 2 heterocycles. The Balaban J connectivity index is 1.99. The lowest BCUT2D eigenvalue weighted by Gasteiger charge is -2.22. The summed E-state index contributed by atoms with van der Waals surface area (Å²) in [6.45, 7) is 3.12. The molecule has 1 aliphatic heterocycles. The Morgan fingerprint density at radius 2 is 2.09 bits per heavy atom. The van der Waals surface area contributed by atoms with E-state index < -0.39 is 17.2 Å². The zero-order chi connectivity index (χ0) is 15.7. The summed E-state index contributed by atoms with van der Waals surface area (Å²) in [4.78, 5) is 0. The van der Waals surface area contributed by atoms with Crippen LogP contribution in [-0.2, 0) is 15.1 Å². The smallest absolute Gasteiger partial charge is 0.251 e. The van der Waals surface area contributed by atoms with Crippen molar-refractivity contribution in [3.05, 3.63) is 34.7 Å². The van der Waals surface area contributed by atoms with Gasteiger partial charge in [-0.3, -0.25) is 0 Å². The maximum absolute atomic E-state index is 13.4. The number of aromatic nitrogens is 2. The molecule has 1 fully saturated rings. The molecule has 0 N–H and O–H groups in total. The number of halogens is 3. The maximum Gasteiger partial charge on any atom is 0.251 e. The van der Waals surface area contributed by atoms with Crippen LogP contribution in [-0.4, -0.2) is 30.0 Å². The Morgan fingerprint density at radius 3 is 2.77 bits per heavy atom. The summed E-state index contributed by atoms with van der Waals surface area (Å²) >= 11 is 5.91. The lowest BCUT2D eigenvalue weighted by Crippen LogP contribution is -2.30. The molecule has 1 saturated heterocycles. The maximum atomic E-state index is 13.4. The van der Waals surface area contributed by atoms with Crippen molar-refractivity contribution in [3.63, 3.8) is 0 Å². The Labute approximate surface area is 130 Å². The second-order valence-electron chi connectivity index (χ2n) is 4.89. The number of rotatable bonds is 4. The third kappa shape index (κ3) is 2.60. The van der Waals surface area contributed by atoms with E-state index in [9.17, 15) is 8.78 Å². The van der Waals surface area contributed by atoms with Crippen molar-refractivity contribution in [2.24, 2.45) is 0 Å². The van der Waals surface area contributed by atoms with Gasteiger partial charge in [-0.15, -0.1) is 10.2 Å². The van der Waals surface area contributed by atoms with E-state index >= 15 is 0 Å². The summed E-state index contributed by atoms with van der Waals surface area (Å²) in [5, 5.41) is 7.81. The van der Waals surface area contributed by atoms with E-state index in [0.29, 0.717) is 26.2 Å². The molecule has 5 nitrogen and oxygen atoms in total. The highest BCUT2D eigenvalue weighted by Crippen LogP contribution is 2.36. The van der Waals surface area contributed by atoms with Gasteiger partial charge in [0, 0.05) is 13.0 Å². The van der Waals surface area contributed by atoms with E-state index in [2.05, 4.69) is 10.2 Å². The van der Waals surface area contributed by atoms with Crippen LogP contribution in [0.5, 0.6) is 0 Å². The monoisotopic (exact) mass is 330 g/mol. The average molecular weight is 331 g/mol. The van der Waals surface area contributed by atoms with Crippen molar-refractivity contribution in [2.75, 3.05) is 19.8 Å². The molecule has 1 aromatic heterocycles. The fraction of sp³-hybridized carbons (Fsp3) is 0.429. The van der Waals surface area contributed by atoms with Gasteiger partial charge in [0.05, 0.1) is 23.8 Å². The lowest BCUT2D eigenvalue weighted by atomic mass is 10.0. The first-order chi connectivity index (χ1) is 10.6. The molecule has 1 unspecified atom stereocenters. The summed E-state index contributed by atoms with van der Waals surface area (Å²) in [6, 6.07) is 1.79. The third-order valence-electron chi connectivity index (χ3n) is 3.46. The van der Waals surface area contributed by atoms with E-state index in [1.165, 1.54) is 0 Å². The SMILES string of the molecule is CCOC1(c2nnc(-c3cc(F)c(F)cc3Cl)o2)CCOC1. The minimum atomic E-state index is -1.04. The third-order valence-corrected chi connectivity index (χ3v) is 3.77. The number of benzene rings is 1. The van der Waals surface area contributed by atoms with Crippen LogP contribution in [0.3, 0.4) is 0 Å². The predicted molar refractivity (Wildman–Crippen MR) is 73.4 cm³/mol. The van der Waals surface area contributed by atoms with Crippen molar-refractivity contribution in [3.8, 4) is 11.5 Å².